The van der Waals surface area contributed by atoms with Gasteiger partial charge in [-0.25, -0.2) is 0 Å². The van der Waals surface area contributed by atoms with Crippen LogP contribution in [0.2, 0.25) is 5.02 Å². The Bertz CT molecular complexity index is 605. The predicted octanol–water partition coefficient (Wildman–Crippen LogP) is 2.95. The maximum atomic E-state index is 6.17. The zero-order valence-electron chi connectivity index (χ0n) is 10.9. The highest BCUT2D eigenvalue weighted by molar-refractivity contribution is 6.32. The van der Waals surface area contributed by atoms with Crippen LogP contribution in [0.15, 0.2) is 12.1 Å². The summed E-state index contributed by atoms with van der Waals surface area (Å²) in [6, 6.07) is 3.78. The van der Waals surface area contributed by atoms with E-state index in [1.165, 1.54) is 0 Å². The van der Waals surface area contributed by atoms with Gasteiger partial charge in [-0.15, -0.1) is 0 Å². The Morgan fingerprint density at radius 2 is 2.00 bits per heavy atom. The Balaban J connectivity index is 2.68. The molecule has 1 heterocycles. The molecule has 96 valence electrons. The quantitative estimate of drug-likeness (QED) is 0.908. The second-order valence-electron chi connectivity index (χ2n) is 4.27. The number of rotatable bonds is 2. The molecule has 0 fully saturated rings. The van der Waals surface area contributed by atoms with E-state index >= 15 is 0 Å². The van der Waals surface area contributed by atoms with Gasteiger partial charge in [-0.1, -0.05) is 11.6 Å². The number of anilines is 1. The molecule has 0 unspecified atom stereocenters. The van der Waals surface area contributed by atoms with Crippen molar-refractivity contribution in [3.63, 3.8) is 0 Å². The smallest absolute Gasteiger partial charge is 0.137 e. The van der Waals surface area contributed by atoms with E-state index in [-0.39, 0.29) is 0 Å². The molecule has 2 rings (SSSR count). The van der Waals surface area contributed by atoms with Gasteiger partial charge in [0.1, 0.15) is 11.6 Å². The van der Waals surface area contributed by atoms with Crippen LogP contribution in [-0.4, -0.2) is 16.9 Å². The predicted molar refractivity (Wildman–Crippen MR) is 74.1 cm³/mol. The molecule has 0 saturated heterocycles. The molecule has 4 nitrogen and oxygen atoms in total. The molecule has 0 spiro atoms. The fraction of sp³-hybridized carbons (Fsp3) is 0.308. The van der Waals surface area contributed by atoms with E-state index in [2.05, 4.69) is 5.10 Å². The largest absolute Gasteiger partial charge is 0.495 e. The van der Waals surface area contributed by atoms with Gasteiger partial charge in [-0.2, -0.15) is 5.10 Å². The van der Waals surface area contributed by atoms with Crippen LogP contribution < -0.4 is 10.5 Å². The maximum absolute atomic E-state index is 6.17. The highest BCUT2D eigenvalue weighted by Gasteiger charge is 2.16. The summed E-state index contributed by atoms with van der Waals surface area (Å²) in [4.78, 5) is 0. The van der Waals surface area contributed by atoms with Gasteiger partial charge in [0.25, 0.3) is 0 Å². The topological polar surface area (TPSA) is 53.1 Å². The van der Waals surface area contributed by atoms with Crippen LogP contribution >= 0.6 is 11.6 Å². The first-order valence-electron chi connectivity index (χ1n) is 5.59. The third-order valence-electron chi connectivity index (χ3n) is 3.03. The number of ether oxygens (including phenoxy) is 1. The molecule has 0 radical (unpaired) electrons. The van der Waals surface area contributed by atoms with Crippen molar-refractivity contribution < 1.29 is 4.74 Å². The second-order valence-corrected chi connectivity index (χ2v) is 4.68. The summed E-state index contributed by atoms with van der Waals surface area (Å²) in [7, 11) is 3.43. The number of hydrogen-bond acceptors (Lipinski definition) is 3. The standard InChI is InChI=1S/C13H16ClN3O/c1-7-5-11(18-4)10(14)6-9(7)12-8(2)16-17(3)13(12)15/h5-6H,15H2,1-4H3. The molecular weight excluding hydrogens is 250 g/mol. The van der Waals surface area contributed by atoms with Gasteiger partial charge < -0.3 is 10.5 Å². The van der Waals surface area contributed by atoms with Crippen LogP contribution in [0.4, 0.5) is 5.82 Å². The molecular formula is C13H16ClN3O. The molecule has 1 aromatic carbocycles. The van der Waals surface area contributed by atoms with Crippen molar-refractivity contribution in [1.29, 1.82) is 0 Å². The van der Waals surface area contributed by atoms with Crippen LogP contribution in [0.25, 0.3) is 11.1 Å². The Morgan fingerprint density at radius 3 is 2.50 bits per heavy atom. The third-order valence-corrected chi connectivity index (χ3v) is 3.33. The Morgan fingerprint density at radius 1 is 1.33 bits per heavy atom. The monoisotopic (exact) mass is 265 g/mol. The zero-order chi connectivity index (χ0) is 13.4. The van der Waals surface area contributed by atoms with E-state index in [1.807, 2.05) is 33.0 Å². The summed E-state index contributed by atoms with van der Waals surface area (Å²) in [5, 5.41) is 4.89. The second kappa shape index (κ2) is 4.53. The number of nitrogens with zero attached hydrogens (tertiary/aromatic N) is 2. The summed E-state index contributed by atoms with van der Waals surface area (Å²) in [5.74, 6) is 1.30. The molecule has 2 N–H and O–H groups in total. The van der Waals surface area contributed by atoms with Crippen LogP contribution in [-0.2, 0) is 7.05 Å². The first-order valence-corrected chi connectivity index (χ1v) is 5.97. The number of nitrogen functional groups attached to an aromatic ring is 1. The lowest BCUT2D eigenvalue weighted by molar-refractivity contribution is 0.415. The van der Waals surface area contributed by atoms with Gasteiger partial charge in [0.2, 0.25) is 0 Å². The van der Waals surface area contributed by atoms with Crippen molar-refractivity contribution in [1.82, 2.24) is 9.78 Å². The normalized spacial score (nSPS) is 10.7. The van der Waals surface area contributed by atoms with E-state index in [1.54, 1.807) is 11.8 Å². The minimum atomic E-state index is 0.570. The number of aromatic nitrogens is 2. The minimum absolute atomic E-state index is 0.570. The maximum Gasteiger partial charge on any atom is 0.137 e. The van der Waals surface area contributed by atoms with Gasteiger partial charge >= 0.3 is 0 Å². The highest BCUT2D eigenvalue weighted by atomic mass is 35.5. The summed E-state index contributed by atoms with van der Waals surface area (Å²) < 4.78 is 6.87. The summed E-state index contributed by atoms with van der Waals surface area (Å²) in [6.07, 6.45) is 0. The lowest BCUT2D eigenvalue weighted by Crippen LogP contribution is -1.98. The first kappa shape index (κ1) is 12.8. The average molecular weight is 266 g/mol. The summed E-state index contributed by atoms with van der Waals surface area (Å²) >= 11 is 6.17. The molecule has 18 heavy (non-hydrogen) atoms. The molecule has 0 aliphatic carbocycles. The lowest BCUT2D eigenvalue weighted by Gasteiger charge is -2.10. The van der Waals surface area contributed by atoms with Crippen molar-refractivity contribution in [2.75, 3.05) is 12.8 Å². The van der Waals surface area contributed by atoms with Gasteiger partial charge in [0.15, 0.2) is 0 Å². The van der Waals surface area contributed by atoms with Crippen LogP contribution in [0, 0.1) is 13.8 Å². The van der Waals surface area contributed by atoms with Crippen molar-refractivity contribution in [2.24, 2.45) is 7.05 Å². The number of benzene rings is 1. The SMILES string of the molecule is COc1cc(C)c(-c2c(C)nn(C)c2N)cc1Cl. The summed E-state index contributed by atoms with van der Waals surface area (Å²) in [6.45, 7) is 3.93. The number of nitrogens with two attached hydrogens (primary N) is 1. The Hall–Kier alpha value is -1.68. The fourth-order valence-corrected chi connectivity index (χ4v) is 2.33. The molecule has 0 amide bonds. The van der Waals surface area contributed by atoms with Crippen molar-refractivity contribution in [3.05, 3.63) is 28.4 Å². The first-order chi connectivity index (χ1) is 8.45. The Kier molecular flexibility index (Phi) is 3.22. The molecule has 2 aromatic rings. The van der Waals surface area contributed by atoms with Crippen LogP contribution in [0.3, 0.4) is 0 Å². The van der Waals surface area contributed by atoms with Gasteiger partial charge in [0, 0.05) is 12.6 Å². The van der Waals surface area contributed by atoms with Crippen LogP contribution in [0.1, 0.15) is 11.3 Å². The number of aryl methyl sites for hydroxylation is 3. The van der Waals surface area contributed by atoms with E-state index in [0.29, 0.717) is 16.6 Å². The molecule has 0 saturated carbocycles. The number of hydrogen-bond donors (Lipinski definition) is 1. The van der Waals surface area contributed by atoms with E-state index in [4.69, 9.17) is 22.1 Å². The fourth-order valence-electron chi connectivity index (χ4n) is 2.09. The summed E-state index contributed by atoms with van der Waals surface area (Å²) in [5.41, 5.74) is 9.91. The molecule has 0 atom stereocenters. The molecule has 0 bridgehead atoms. The van der Waals surface area contributed by atoms with Gasteiger partial charge in [-0.05, 0) is 37.1 Å². The number of methoxy groups -OCH3 is 1. The van der Waals surface area contributed by atoms with Gasteiger partial charge in [0.05, 0.1) is 17.8 Å². The molecule has 0 aliphatic heterocycles. The van der Waals surface area contributed by atoms with Crippen molar-refractivity contribution in [3.8, 4) is 16.9 Å². The molecule has 5 heteroatoms. The van der Waals surface area contributed by atoms with Crippen molar-refractivity contribution in [2.45, 2.75) is 13.8 Å². The molecule has 1 aromatic heterocycles. The van der Waals surface area contributed by atoms with Crippen molar-refractivity contribution >= 4 is 17.4 Å². The highest BCUT2D eigenvalue weighted by Crippen LogP contribution is 2.37. The molecule has 0 aliphatic rings. The van der Waals surface area contributed by atoms with E-state index in [9.17, 15) is 0 Å². The van der Waals surface area contributed by atoms with E-state index < -0.39 is 0 Å². The zero-order valence-corrected chi connectivity index (χ0v) is 11.7. The lowest BCUT2D eigenvalue weighted by atomic mass is 10.00. The average Bonchev–Trinajstić information content (AvgIpc) is 2.56. The van der Waals surface area contributed by atoms with Crippen LogP contribution in [0.5, 0.6) is 5.75 Å². The Labute approximate surface area is 111 Å². The van der Waals surface area contributed by atoms with E-state index in [0.717, 1.165) is 22.4 Å². The third kappa shape index (κ3) is 1.93. The number of halogens is 1. The van der Waals surface area contributed by atoms with Gasteiger partial charge in [-0.3, -0.25) is 4.68 Å². The minimum Gasteiger partial charge on any atom is -0.495 e.